The molecule has 0 bridgehead atoms. The molecule has 0 aromatic heterocycles. The summed E-state index contributed by atoms with van der Waals surface area (Å²) in [5, 5.41) is 0. The first-order valence-electron chi connectivity index (χ1n) is 10.4. The van der Waals surface area contributed by atoms with E-state index in [0.29, 0.717) is 24.1 Å². The Morgan fingerprint density at radius 2 is 1.48 bits per heavy atom. The summed E-state index contributed by atoms with van der Waals surface area (Å²) in [6.45, 7) is -0.102. The number of Topliss-reactive ketones (excluding diaryl/α,β-unsaturated/α-hetero) is 1. The third-order valence-electron chi connectivity index (χ3n) is 6.24. The summed E-state index contributed by atoms with van der Waals surface area (Å²) in [6.07, 6.45) is 0.338. The van der Waals surface area contributed by atoms with Gasteiger partial charge in [0.1, 0.15) is 0 Å². The fourth-order valence-corrected chi connectivity index (χ4v) is 4.62. The van der Waals surface area contributed by atoms with Crippen molar-refractivity contribution in [1.29, 1.82) is 0 Å². The largest absolute Gasteiger partial charge is 0.379 e. The van der Waals surface area contributed by atoms with E-state index in [0.717, 1.165) is 0 Å². The van der Waals surface area contributed by atoms with Crippen LogP contribution in [-0.2, 0) is 14.3 Å². The molecular weight excluding hydrogens is 396 g/mol. The van der Waals surface area contributed by atoms with Crippen LogP contribution in [0.4, 0.5) is 10.5 Å². The molecule has 4 atom stereocenters. The number of rotatable bonds is 6. The molecule has 7 nitrogen and oxygen atoms in total. The van der Waals surface area contributed by atoms with Crippen LogP contribution >= 0.6 is 0 Å². The molecule has 4 unspecified atom stereocenters. The van der Waals surface area contributed by atoms with Crippen molar-refractivity contribution in [3.8, 4) is 0 Å². The molecule has 31 heavy (non-hydrogen) atoms. The highest BCUT2D eigenvalue weighted by Gasteiger charge is 2.52. The highest BCUT2D eigenvalue weighted by atomic mass is 16.5. The lowest BCUT2D eigenvalue weighted by molar-refractivity contribution is -0.137. The molecule has 1 aliphatic heterocycles. The quantitative estimate of drug-likeness (QED) is 0.669. The normalized spacial score (nSPS) is 26.0. The van der Waals surface area contributed by atoms with Gasteiger partial charge in [0.2, 0.25) is 5.91 Å². The van der Waals surface area contributed by atoms with Crippen LogP contribution in [0.15, 0.2) is 60.7 Å². The molecule has 2 aliphatic rings. The molecule has 1 aliphatic carbocycles. The second-order valence-corrected chi connectivity index (χ2v) is 7.90. The number of fused-ring (bicyclic) bond motifs is 1. The molecule has 0 N–H and O–H groups in total. The number of ketones is 1. The van der Waals surface area contributed by atoms with E-state index in [1.54, 1.807) is 62.8 Å². The predicted molar refractivity (Wildman–Crippen MR) is 115 cm³/mol. The number of hydrogen-bond acceptors (Lipinski definition) is 5. The number of benzene rings is 2. The fourth-order valence-electron chi connectivity index (χ4n) is 4.62. The summed E-state index contributed by atoms with van der Waals surface area (Å²) in [4.78, 5) is 42.6. The summed E-state index contributed by atoms with van der Waals surface area (Å²) >= 11 is 0. The Balaban J connectivity index is 1.70. The average molecular weight is 422 g/mol. The van der Waals surface area contributed by atoms with Gasteiger partial charge in [0.15, 0.2) is 5.78 Å². The van der Waals surface area contributed by atoms with Gasteiger partial charge in [0.05, 0.1) is 30.4 Å². The zero-order valence-electron chi connectivity index (χ0n) is 17.6. The molecule has 1 saturated heterocycles. The Morgan fingerprint density at radius 1 is 0.903 bits per heavy atom. The Labute approximate surface area is 181 Å². The SMILES string of the molecule is COC1CC2C(=O)N(c3ccccc3)C(=O)N(CC(=O)c3ccccc3)C2CC1OC. The first kappa shape index (κ1) is 21.2. The second-order valence-electron chi connectivity index (χ2n) is 7.90. The van der Waals surface area contributed by atoms with Crippen molar-refractivity contribution in [3.05, 3.63) is 66.2 Å². The van der Waals surface area contributed by atoms with Gasteiger partial charge in [0, 0.05) is 25.8 Å². The maximum absolute atomic E-state index is 13.5. The van der Waals surface area contributed by atoms with Crippen molar-refractivity contribution >= 4 is 23.4 Å². The molecule has 4 rings (SSSR count). The molecule has 7 heteroatoms. The highest BCUT2D eigenvalue weighted by Crippen LogP contribution is 2.38. The lowest BCUT2D eigenvalue weighted by Gasteiger charge is -2.49. The number of anilines is 1. The third kappa shape index (κ3) is 3.98. The molecule has 2 aromatic carbocycles. The van der Waals surface area contributed by atoms with Gasteiger partial charge in [-0.2, -0.15) is 0 Å². The van der Waals surface area contributed by atoms with E-state index in [1.165, 1.54) is 9.80 Å². The number of hydrogen-bond donors (Lipinski definition) is 0. The van der Waals surface area contributed by atoms with Crippen LogP contribution in [0.25, 0.3) is 0 Å². The number of urea groups is 1. The number of carbonyl (C=O) groups excluding carboxylic acids is 3. The Morgan fingerprint density at radius 3 is 2.10 bits per heavy atom. The summed E-state index contributed by atoms with van der Waals surface area (Å²) < 4.78 is 11.2. The van der Waals surface area contributed by atoms with Crippen molar-refractivity contribution in [2.24, 2.45) is 5.92 Å². The summed E-state index contributed by atoms with van der Waals surface area (Å²) in [5.41, 5.74) is 1.03. The van der Waals surface area contributed by atoms with E-state index in [9.17, 15) is 14.4 Å². The van der Waals surface area contributed by atoms with Crippen molar-refractivity contribution in [1.82, 2.24) is 4.90 Å². The minimum absolute atomic E-state index is 0.102. The van der Waals surface area contributed by atoms with Crippen LogP contribution in [0.3, 0.4) is 0 Å². The van der Waals surface area contributed by atoms with Gasteiger partial charge in [-0.15, -0.1) is 0 Å². The highest BCUT2D eigenvalue weighted by molar-refractivity contribution is 6.18. The van der Waals surface area contributed by atoms with Gasteiger partial charge in [0.25, 0.3) is 0 Å². The molecule has 2 aromatic rings. The number of imide groups is 1. The van der Waals surface area contributed by atoms with Gasteiger partial charge in [-0.3, -0.25) is 9.59 Å². The van der Waals surface area contributed by atoms with E-state index in [-0.39, 0.29) is 30.4 Å². The number of nitrogens with zero attached hydrogens (tertiary/aromatic N) is 2. The fraction of sp³-hybridized carbons (Fsp3) is 0.375. The maximum Gasteiger partial charge on any atom is 0.332 e. The van der Waals surface area contributed by atoms with Gasteiger partial charge in [-0.1, -0.05) is 48.5 Å². The zero-order valence-corrected chi connectivity index (χ0v) is 17.6. The zero-order chi connectivity index (χ0) is 22.0. The van der Waals surface area contributed by atoms with Crippen LogP contribution in [0.2, 0.25) is 0 Å². The minimum Gasteiger partial charge on any atom is -0.379 e. The van der Waals surface area contributed by atoms with E-state index < -0.39 is 18.0 Å². The lowest BCUT2D eigenvalue weighted by Crippen LogP contribution is -2.66. The number of carbonyl (C=O) groups is 3. The van der Waals surface area contributed by atoms with E-state index >= 15 is 0 Å². The van der Waals surface area contributed by atoms with E-state index in [1.807, 2.05) is 12.1 Å². The molecule has 162 valence electrons. The lowest BCUT2D eigenvalue weighted by atomic mass is 9.77. The summed E-state index contributed by atoms with van der Waals surface area (Å²) in [5.74, 6) is -0.906. The van der Waals surface area contributed by atoms with Gasteiger partial charge >= 0.3 is 6.03 Å². The monoisotopic (exact) mass is 422 g/mol. The van der Waals surface area contributed by atoms with E-state index in [2.05, 4.69) is 0 Å². The number of ether oxygens (including phenoxy) is 2. The second kappa shape index (κ2) is 8.99. The van der Waals surface area contributed by atoms with Crippen LogP contribution in [-0.4, -0.2) is 61.6 Å². The van der Waals surface area contributed by atoms with Crippen molar-refractivity contribution < 1.29 is 23.9 Å². The Hall–Kier alpha value is -3.03. The van der Waals surface area contributed by atoms with E-state index in [4.69, 9.17) is 9.47 Å². The maximum atomic E-state index is 13.5. The van der Waals surface area contributed by atoms with Gasteiger partial charge in [-0.25, -0.2) is 9.69 Å². The number of para-hydroxylation sites is 1. The molecule has 0 spiro atoms. The minimum atomic E-state index is -0.479. The molecule has 1 saturated carbocycles. The van der Waals surface area contributed by atoms with Gasteiger partial charge < -0.3 is 14.4 Å². The van der Waals surface area contributed by atoms with Crippen LogP contribution in [0.1, 0.15) is 23.2 Å². The van der Waals surface area contributed by atoms with Crippen LogP contribution < -0.4 is 4.90 Å². The number of methoxy groups -OCH3 is 2. The Kier molecular flexibility index (Phi) is 6.15. The summed E-state index contributed by atoms with van der Waals surface area (Å²) in [6, 6.07) is 16.8. The smallest absolute Gasteiger partial charge is 0.332 e. The standard InChI is InChI=1S/C24H26N2O5/c1-30-21-13-18-19(14-22(21)31-2)25(15-20(27)16-9-5-3-6-10-16)24(29)26(23(18)28)17-11-7-4-8-12-17/h3-12,18-19,21-22H,13-15H2,1-2H3. The average Bonchev–Trinajstić information content (AvgIpc) is 2.82. The molecule has 2 fully saturated rings. The van der Waals surface area contributed by atoms with Gasteiger partial charge in [-0.05, 0) is 25.0 Å². The topological polar surface area (TPSA) is 76.2 Å². The van der Waals surface area contributed by atoms with Crippen LogP contribution in [0, 0.1) is 5.92 Å². The summed E-state index contributed by atoms with van der Waals surface area (Å²) in [7, 11) is 3.19. The molecule has 3 amide bonds. The third-order valence-corrected chi connectivity index (χ3v) is 6.24. The first-order chi connectivity index (χ1) is 15.0. The molecule has 1 heterocycles. The van der Waals surface area contributed by atoms with Crippen molar-refractivity contribution in [2.45, 2.75) is 31.1 Å². The number of amides is 3. The van der Waals surface area contributed by atoms with Crippen LogP contribution in [0.5, 0.6) is 0 Å². The predicted octanol–water partition coefficient (Wildman–Crippen LogP) is 3.15. The molecule has 0 radical (unpaired) electrons. The first-order valence-corrected chi connectivity index (χ1v) is 10.4. The van der Waals surface area contributed by atoms with Crippen molar-refractivity contribution in [2.75, 3.05) is 25.7 Å². The molecular formula is C24H26N2O5. The van der Waals surface area contributed by atoms with Crippen molar-refractivity contribution in [3.63, 3.8) is 0 Å². The Bertz CT molecular complexity index is 949.